The van der Waals surface area contributed by atoms with Crippen molar-refractivity contribution in [2.24, 2.45) is 0 Å². The number of nitrogens with one attached hydrogen (secondary N) is 2. The number of pyridine rings is 1. The normalized spacial score (nSPS) is 11.6. The minimum atomic E-state index is -0.373. The Hall–Kier alpha value is -4.63. The molecule has 0 bridgehead atoms. The predicted octanol–water partition coefficient (Wildman–Crippen LogP) is 5.31. The summed E-state index contributed by atoms with van der Waals surface area (Å²) >= 11 is 0. The first kappa shape index (κ1) is 22.8. The van der Waals surface area contributed by atoms with Crippen molar-refractivity contribution >= 4 is 21.8 Å². The number of aromatic amines is 2. The third kappa shape index (κ3) is 4.52. The van der Waals surface area contributed by atoms with Crippen LogP contribution in [0.2, 0.25) is 0 Å². The van der Waals surface area contributed by atoms with E-state index in [1.54, 1.807) is 24.8 Å². The van der Waals surface area contributed by atoms with E-state index in [0.717, 1.165) is 51.0 Å². The summed E-state index contributed by atoms with van der Waals surface area (Å²) in [6.45, 7) is 1.20. The van der Waals surface area contributed by atoms with Crippen molar-refractivity contribution in [3.63, 3.8) is 0 Å². The molecule has 6 rings (SSSR count). The van der Waals surface area contributed by atoms with Gasteiger partial charge in [-0.05, 0) is 50.5 Å². The lowest BCUT2D eigenvalue weighted by atomic mass is 10.1. The largest absolute Gasteiger partial charge is 0.492 e. The Bertz CT molecular complexity index is 1710. The van der Waals surface area contributed by atoms with Gasteiger partial charge in [-0.1, -0.05) is 6.07 Å². The first-order valence-corrected chi connectivity index (χ1v) is 11.9. The molecule has 37 heavy (non-hydrogen) atoms. The molecule has 8 nitrogen and oxygen atoms in total. The van der Waals surface area contributed by atoms with Gasteiger partial charge in [-0.2, -0.15) is 5.10 Å². The zero-order valence-corrected chi connectivity index (χ0v) is 20.4. The lowest BCUT2D eigenvalue weighted by Crippen LogP contribution is -2.19. The molecule has 0 spiro atoms. The third-order valence-electron chi connectivity index (χ3n) is 6.18. The van der Waals surface area contributed by atoms with Crippen molar-refractivity contribution in [1.29, 1.82) is 0 Å². The van der Waals surface area contributed by atoms with Crippen molar-refractivity contribution in [1.82, 2.24) is 35.0 Å². The number of aromatic nitrogens is 6. The summed E-state index contributed by atoms with van der Waals surface area (Å²) in [5.74, 6) is 0.1000. The average molecular weight is 494 g/mol. The molecule has 0 fully saturated rings. The molecule has 4 aromatic heterocycles. The molecule has 0 aliphatic heterocycles. The van der Waals surface area contributed by atoms with E-state index in [9.17, 15) is 4.39 Å². The van der Waals surface area contributed by atoms with Crippen LogP contribution < -0.4 is 4.74 Å². The standard InChI is InChI=1S/C28H24FN7O/c1-36(2)9-10-37-20-12-18(11-19(29)14-20)27-22-15-25(33-23(22)5-6-32-27)28-21-13-17(3-4-24(21)34-35-28)26-16-30-7-8-31-26/h3-8,11-16,33H,9-10H2,1-2H3,(H,34,35). The second-order valence-electron chi connectivity index (χ2n) is 9.05. The van der Waals surface area contributed by atoms with Crippen LogP contribution in [0.3, 0.4) is 0 Å². The molecule has 0 radical (unpaired) electrons. The number of benzene rings is 2. The smallest absolute Gasteiger partial charge is 0.127 e. The zero-order chi connectivity index (χ0) is 25.4. The quantitative estimate of drug-likeness (QED) is 0.313. The molecular formula is C28H24FN7O. The van der Waals surface area contributed by atoms with Gasteiger partial charge in [0.2, 0.25) is 0 Å². The van der Waals surface area contributed by atoms with Gasteiger partial charge in [0.05, 0.1) is 28.8 Å². The fourth-order valence-corrected chi connectivity index (χ4v) is 4.37. The highest BCUT2D eigenvalue weighted by atomic mass is 19.1. The summed E-state index contributed by atoms with van der Waals surface area (Å²) in [5, 5.41) is 9.50. The molecule has 0 unspecified atom stereocenters. The number of ether oxygens (including phenoxy) is 1. The van der Waals surface area contributed by atoms with E-state index in [1.807, 2.05) is 55.4 Å². The van der Waals surface area contributed by atoms with E-state index in [-0.39, 0.29) is 5.82 Å². The van der Waals surface area contributed by atoms with Crippen LogP contribution in [-0.2, 0) is 0 Å². The number of halogens is 1. The van der Waals surface area contributed by atoms with Crippen LogP contribution in [0.25, 0.3) is 55.7 Å². The van der Waals surface area contributed by atoms with Crippen LogP contribution in [0.5, 0.6) is 5.75 Å². The van der Waals surface area contributed by atoms with Crippen LogP contribution in [0, 0.1) is 5.82 Å². The van der Waals surface area contributed by atoms with Gasteiger partial charge >= 0.3 is 0 Å². The van der Waals surface area contributed by atoms with E-state index >= 15 is 0 Å². The number of fused-ring (bicyclic) bond motifs is 2. The summed E-state index contributed by atoms with van der Waals surface area (Å²) < 4.78 is 20.3. The van der Waals surface area contributed by atoms with Crippen molar-refractivity contribution in [3.8, 4) is 39.7 Å². The Balaban J connectivity index is 1.41. The van der Waals surface area contributed by atoms with Crippen molar-refractivity contribution in [2.75, 3.05) is 27.2 Å². The molecule has 184 valence electrons. The van der Waals surface area contributed by atoms with Gasteiger partial charge in [0.1, 0.15) is 23.9 Å². The van der Waals surface area contributed by atoms with Crippen molar-refractivity contribution in [2.45, 2.75) is 0 Å². The maximum Gasteiger partial charge on any atom is 0.127 e. The monoisotopic (exact) mass is 493 g/mol. The molecular weight excluding hydrogens is 469 g/mol. The van der Waals surface area contributed by atoms with Gasteiger partial charge < -0.3 is 14.6 Å². The molecule has 6 aromatic rings. The molecule has 0 aliphatic carbocycles. The summed E-state index contributed by atoms with van der Waals surface area (Å²) in [6.07, 6.45) is 6.77. The molecule has 0 saturated carbocycles. The maximum atomic E-state index is 14.5. The summed E-state index contributed by atoms with van der Waals surface area (Å²) in [4.78, 5) is 18.6. The van der Waals surface area contributed by atoms with Crippen LogP contribution in [-0.4, -0.2) is 62.3 Å². The average Bonchev–Trinajstić information content (AvgIpc) is 3.52. The van der Waals surface area contributed by atoms with E-state index in [1.165, 1.54) is 12.1 Å². The number of H-pyrrole nitrogens is 2. The highest BCUT2D eigenvalue weighted by molar-refractivity contribution is 6.00. The van der Waals surface area contributed by atoms with Crippen molar-refractivity contribution < 1.29 is 9.13 Å². The van der Waals surface area contributed by atoms with Gasteiger partial charge in [0, 0.05) is 58.6 Å². The molecule has 0 saturated heterocycles. The fraction of sp³-hybridized carbons (Fsp3) is 0.143. The Morgan fingerprint density at radius 1 is 0.865 bits per heavy atom. The Morgan fingerprint density at radius 3 is 2.59 bits per heavy atom. The van der Waals surface area contributed by atoms with E-state index in [4.69, 9.17) is 4.74 Å². The number of hydrogen-bond donors (Lipinski definition) is 2. The number of nitrogens with zero attached hydrogens (tertiary/aromatic N) is 5. The van der Waals surface area contributed by atoms with Crippen LogP contribution >= 0.6 is 0 Å². The fourth-order valence-electron chi connectivity index (χ4n) is 4.37. The van der Waals surface area contributed by atoms with Crippen molar-refractivity contribution in [3.05, 3.63) is 79.1 Å². The van der Waals surface area contributed by atoms with Gasteiger partial charge in [-0.25, -0.2) is 4.39 Å². The first-order chi connectivity index (χ1) is 18.0. The second kappa shape index (κ2) is 9.44. The number of rotatable bonds is 7. The molecule has 2 aromatic carbocycles. The van der Waals surface area contributed by atoms with Gasteiger partial charge in [0.25, 0.3) is 0 Å². The predicted molar refractivity (Wildman–Crippen MR) is 142 cm³/mol. The summed E-state index contributed by atoms with van der Waals surface area (Å²) in [5.41, 5.74) is 6.42. The third-order valence-corrected chi connectivity index (χ3v) is 6.18. The lowest BCUT2D eigenvalue weighted by molar-refractivity contribution is 0.260. The molecule has 4 heterocycles. The van der Waals surface area contributed by atoms with Crippen LogP contribution in [0.1, 0.15) is 0 Å². The number of hydrogen-bond acceptors (Lipinski definition) is 6. The van der Waals surface area contributed by atoms with Crippen LogP contribution in [0.15, 0.2) is 73.3 Å². The topological polar surface area (TPSA) is 95.6 Å². The highest BCUT2D eigenvalue weighted by Crippen LogP contribution is 2.35. The second-order valence-corrected chi connectivity index (χ2v) is 9.05. The molecule has 0 aliphatic rings. The summed E-state index contributed by atoms with van der Waals surface area (Å²) in [7, 11) is 3.93. The SMILES string of the molecule is CN(C)CCOc1cc(F)cc(-c2nccc3[nH]c(-c4n[nH]c5ccc(-c6cnccn6)cc45)cc23)c1. The molecule has 2 N–H and O–H groups in total. The van der Waals surface area contributed by atoms with E-state index in [2.05, 4.69) is 30.1 Å². The minimum absolute atomic E-state index is 0.373. The minimum Gasteiger partial charge on any atom is -0.492 e. The first-order valence-electron chi connectivity index (χ1n) is 11.9. The molecule has 9 heteroatoms. The Kier molecular flexibility index (Phi) is 5.82. The van der Waals surface area contributed by atoms with E-state index < -0.39 is 0 Å². The zero-order valence-electron chi connectivity index (χ0n) is 20.4. The Labute approximate surface area is 212 Å². The van der Waals surface area contributed by atoms with Gasteiger partial charge in [0.15, 0.2) is 0 Å². The van der Waals surface area contributed by atoms with Gasteiger partial charge in [-0.15, -0.1) is 0 Å². The van der Waals surface area contributed by atoms with E-state index in [0.29, 0.717) is 23.6 Å². The summed E-state index contributed by atoms with van der Waals surface area (Å²) in [6, 6.07) is 14.6. The highest BCUT2D eigenvalue weighted by Gasteiger charge is 2.16. The molecule has 0 amide bonds. The number of likely N-dealkylation sites (N-methyl/N-ethyl adjacent to an activating group) is 1. The van der Waals surface area contributed by atoms with Gasteiger partial charge in [-0.3, -0.25) is 20.1 Å². The Morgan fingerprint density at radius 2 is 1.76 bits per heavy atom. The lowest BCUT2D eigenvalue weighted by Gasteiger charge is -2.12. The maximum absolute atomic E-state index is 14.5. The molecule has 0 atom stereocenters. The van der Waals surface area contributed by atoms with Crippen LogP contribution in [0.4, 0.5) is 4.39 Å².